The predicted molar refractivity (Wildman–Crippen MR) is 50.5 cm³/mol. The minimum absolute atomic E-state index is 0.0990. The van der Waals surface area contributed by atoms with E-state index in [1.807, 2.05) is 13.8 Å². The molecule has 0 aliphatic heterocycles. The summed E-state index contributed by atoms with van der Waals surface area (Å²) < 4.78 is 4.29. The number of carbonyl (C=O) groups is 2. The second-order valence-corrected chi connectivity index (χ2v) is 3.44. The van der Waals surface area contributed by atoms with E-state index in [1.54, 1.807) is 0 Å². The van der Waals surface area contributed by atoms with Gasteiger partial charge in [-0.3, -0.25) is 4.79 Å². The van der Waals surface area contributed by atoms with Crippen molar-refractivity contribution in [1.29, 1.82) is 0 Å². The fourth-order valence-electron chi connectivity index (χ4n) is 0.873. The summed E-state index contributed by atoms with van der Waals surface area (Å²) >= 11 is 0. The summed E-state index contributed by atoms with van der Waals surface area (Å²) in [5.41, 5.74) is 0. The third-order valence-electron chi connectivity index (χ3n) is 1.56. The van der Waals surface area contributed by atoms with Crippen molar-refractivity contribution in [3.8, 4) is 0 Å². The van der Waals surface area contributed by atoms with Crippen LogP contribution in [0.1, 0.15) is 20.3 Å². The number of rotatable bonds is 5. The zero-order valence-electron chi connectivity index (χ0n) is 8.74. The SMILES string of the molecule is COC(=O)C(O)CNC(=O)CC(C)C. The minimum Gasteiger partial charge on any atom is -0.467 e. The highest BCUT2D eigenvalue weighted by Gasteiger charge is 2.16. The molecule has 0 rings (SSSR count). The van der Waals surface area contributed by atoms with Crippen LogP contribution in [0, 0.1) is 5.92 Å². The van der Waals surface area contributed by atoms with E-state index in [9.17, 15) is 9.59 Å². The second kappa shape index (κ2) is 6.37. The van der Waals surface area contributed by atoms with E-state index in [2.05, 4.69) is 10.1 Å². The number of methoxy groups -OCH3 is 1. The topological polar surface area (TPSA) is 75.6 Å². The lowest BCUT2D eigenvalue weighted by molar-refractivity contribution is -0.150. The molecule has 0 fully saturated rings. The molecule has 14 heavy (non-hydrogen) atoms. The quantitative estimate of drug-likeness (QED) is 0.601. The normalized spacial score (nSPS) is 12.4. The zero-order valence-corrected chi connectivity index (χ0v) is 8.74. The Bertz CT molecular complexity index is 203. The molecule has 1 amide bonds. The fraction of sp³-hybridized carbons (Fsp3) is 0.778. The largest absolute Gasteiger partial charge is 0.467 e. The molecule has 0 saturated carbocycles. The lowest BCUT2D eigenvalue weighted by atomic mass is 10.1. The molecular formula is C9H17NO4. The molecule has 1 unspecified atom stereocenters. The van der Waals surface area contributed by atoms with Crippen molar-refractivity contribution in [3.05, 3.63) is 0 Å². The molecule has 0 heterocycles. The maximum Gasteiger partial charge on any atom is 0.336 e. The average molecular weight is 203 g/mol. The van der Waals surface area contributed by atoms with E-state index in [0.29, 0.717) is 6.42 Å². The summed E-state index contributed by atoms with van der Waals surface area (Å²) in [6, 6.07) is 0. The Hall–Kier alpha value is -1.10. The fourth-order valence-corrected chi connectivity index (χ4v) is 0.873. The standard InChI is InChI=1S/C9H17NO4/c1-6(2)4-8(12)10-5-7(11)9(13)14-3/h6-7,11H,4-5H2,1-3H3,(H,10,12). The molecule has 0 bridgehead atoms. The van der Waals surface area contributed by atoms with Crippen LogP contribution in [0.3, 0.4) is 0 Å². The van der Waals surface area contributed by atoms with Gasteiger partial charge in [-0.15, -0.1) is 0 Å². The predicted octanol–water partition coefficient (Wildman–Crippen LogP) is -0.317. The highest BCUT2D eigenvalue weighted by molar-refractivity contribution is 5.78. The number of carbonyl (C=O) groups excluding carboxylic acids is 2. The van der Waals surface area contributed by atoms with E-state index in [-0.39, 0.29) is 18.4 Å². The minimum atomic E-state index is -1.28. The Morgan fingerprint density at radius 1 is 1.43 bits per heavy atom. The van der Waals surface area contributed by atoms with Crippen molar-refractivity contribution in [3.63, 3.8) is 0 Å². The van der Waals surface area contributed by atoms with Gasteiger partial charge < -0.3 is 15.2 Å². The molecule has 0 radical (unpaired) electrons. The van der Waals surface area contributed by atoms with Gasteiger partial charge in [-0.1, -0.05) is 13.8 Å². The number of amides is 1. The maximum atomic E-state index is 11.1. The molecule has 0 saturated heterocycles. The summed E-state index contributed by atoms with van der Waals surface area (Å²) in [5, 5.41) is 11.6. The number of hydrogen-bond donors (Lipinski definition) is 2. The first-order valence-electron chi connectivity index (χ1n) is 4.50. The molecule has 2 N–H and O–H groups in total. The lowest BCUT2D eigenvalue weighted by Gasteiger charge is -2.10. The monoisotopic (exact) mass is 203 g/mol. The molecule has 0 aromatic heterocycles. The van der Waals surface area contributed by atoms with Crippen LogP contribution in [0.15, 0.2) is 0 Å². The zero-order chi connectivity index (χ0) is 11.1. The van der Waals surface area contributed by atoms with Gasteiger partial charge in [-0.25, -0.2) is 4.79 Å². The Kier molecular flexibility index (Phi) is 5.87. The summed E-state index contributed by atoms with van der Waals surface area (Å²) in [7, 11) is 1.18. The first-order chi connectivity index (χ1) is 6.47. The van der Waals surface area contributed by atoms with E-state index >= 15 is 0 Å². The first-order valence-corrected chi connectivity index (χ1v) is 4.50. The summed E-state index contributed by atoms with van der Waals surface area (Å²) in [5.74, 6) is -0.664. The van der Waals surface area contributed by atoms with Crippen LogP contribution in [-0.4, -0.2) is 36.7 Å². The van der Waals surface area contributed by atoms with Crippen molar-refractivity contribution >= 4 is 11.9 Å². The smallest absolute Gasteiger partial charge is 0.336 e. The number of aliphatic hydroxyl groups excluding tert-OH is 1. The molecule has 0 aliphatic rings. The van der Waals surface area contributed by atoms with Crippen LogP contribution in [0.5, 0.6) is 0 Å². The van der Waals surface area contributed by atoms with Crippen LogP contribution in [0.4, 0.5) is 0 Å². The molecule has 0 spiro atoms. The van der Waals surface area contributed by atoms with Gasteiger partial charge in [-0.05, 0) is 5.92 Å². The maximum absolute atomic E-state index is 11.1. The molecule has 0 aromatic rings. The van der Waals surface area contributed by atoms with Gasteiger partial charge in [0, 0.05) is 6.42 Å². The van der Waals surface area contributed by atoms with E-state index < -0.39 is 12.1 Å². The summed E-state index contributed by atoms with van der Waals surface area (Å²) in [6.45, 7) is 3.73. The molecule has 5 nitrogen and oxygen atoms in total. The lowest BCUT2D eigenvalue weighted by Crippen LogP contribution is -2.37. The number of esters is 1. The van der Waals surface area contributed by atoms with Crippen LogP contribution in [0.2, 0.25) is 0 Å². The highest BCUT2D eigenvalue weighted by Crippen LogP contribution is 1.98. The summed E-state index contributed by atoms with van der Waals surface area (Å²) in [4.78, 5) is 21.8. The van der Waals surface area contributed by atoms with Gasteiger partial charge in [0.1, 0.15) is 0 Å². The van der Waals surface area contributed by atoms with Crippen molar-refractivity contribution in [2.24, 2.45) is 5.92 Å². The average Bonchev–Trinajstić information content (AvgIpc) is 2.11. The third-order valence-corrected chi connectivity index (χ3v) is 1.56. The van der Waals surface area contributed by atoms with Crippen LogP contribution < -0.4 is 5.32 Å². The van der Waals surface area contributed by atoms with Gasteiger partial charge >= 0.3 is 5.97 Å². The van der Waals surface area contributed by atoms with Crippen LogP contribution >= 0.6 is 0 Å². The van der Waals surface area contributed by atoms with Gasteiger partial charge in [0.25, 0.3) is 0 Å². The number of ether oxygens (including phenoxy) is 1. The Balaban J connectivity index is 3.71. The second-order valence-electron chi connectivity index (χ2n) is 3.44. The summed E-state index contributed by atoms with van der Waals surface area (Å²) in [6.07, 6.45) is -0.899. The molecule has 82 valence electrons. The van der Waals surface area contributed by atoms with Crippen LogP contribution in [-0.2, 0) is 14.3 Å². The Morgan fingerprint density at radius 3 is 2.43 bits per heavy atom. The molecule has 0 aliphatic carbocycles. The number of nitrogens with one attached hydrogen (secondary N) is 1. The number of aliphatic hydroxyl groups is 1. The van der Waals surface area contributed by atoms with Crippen molar-refractivity contribution in [2.45, 2.75) is 26.4 Å². The van der Waals surface area contributed by atoms with Crippen molar-refractivity contribution in [1.82, 2.24) is 5.32 Å². The highest BCUT2D eigenvalue weighted by atomic mass is 16.5. The van der Waals surface area contributed by atoms with E-state index in [0.717, 1.165) is 0 Å². The third kappa shape index (κ3) is 5.53. The number of hydrogen-bond acceptors (Lipinski definition) is 4. The molecule has 0 aromatic carbocycles. The van der Waals surface area contributed by atoms with E-state index in [1.165, 1.54) is 7.11 Å². The van der Waals surface area contributed by atoms with Crippen molar-refractivity contribution < 1.29 is 19.4 Å². The van der Waals surface area contributed by atoms with Gasteiger partial charge in [0.15, 0.2) is 6.10 Å². The van der Waals surface area contributed by atoms with Crippen LogP contribution in [0.25, 0.3) is 0 Å². The Morgan fingerprint density at radius 2 is 2.00 bits per heavy atom. The Labute approximate surface area is 83.4 Å². The van der Waals surface area contributed by atoms with Crippen molar-refractivity contribution in [2.75, 3.05) is 13.7 Å². The van der Waals surface area contributed by atoms with E-state index in [4.69, 9.17) is 5.11 Å². The van der Waals surface area contributed by atoms with Gasteiger partial charge in [0.2, 0.25) is 5.91 Å². The molecular weight excluding hydrogens is 186 g/mol. The molecule has 5 heteroatoms. The van der Waals surface area contributed by atoms with Gasteiger partial charge in [-0.2, -0.15) is 0 Å². The van der Waals surface area contributed by atoms with Gasteiger partial charge in [0.05, 0.1) is 13.7 Å². The molecule has 1 atom stereocenters. The first kappa shape index (κ1) is 12.9.